The molecular weight excluding hydrogens is 536 g/mol. The summed E-state index contributed by atoms with van der Waals surface area (Å²) in [5.74, 6) is -0.529. The number of nitrogens with zero attached hydrogens (tertiary/aromatic N) is 3. The number of carbonyl (C=O) groups excluding carboxylic acids is 2. The van der Waals surface area contributed by atoms with E-state index < -0.39 is 5.66 Å². The van der Waals surface area contributed by atoms with Gasteiger partial charge in [-0.1, -0.05) is 54.6 Å². The summed E-state index contributed by atoms with van der Waals surface area (Å²) < 4.78 is 0. The Balaban J connectivity index is 1.56. The summed E-state index contributed by atoms with van der Waals surface area (Å²) in [7, 11) is 0. The van der Waals surface area contributed by atoms with E-state index in [1.807, 2.05) is 80.0 Å². The van der Waals surface area contributed by atoms with E-state index in [-0.39, 0.29) is 24.8 Å². The minimum absolute atomic E-state index is 0.241. The van der Waals surface area contributed by atoms with Crippen LogP contribution in [0.4, 0.5) is 5.69 Å². The smallest absolute Gasteiger partial charge is 0.268 e. The second kappa shape index (κ2) is 11.6. The molecule has 0 saturated carbocycles. The highest BCUT2D eigenvalue weighted by atomic mass is 16.2. The number of carbonyl (C=O) groups is 2. The molecule has 1 atom stereocenters. The van der Waals surface area contributed by atoms with Crippen LogP contribution in [0.15, 0.2) is 91.3 Å². The van der Waals surface area contributed by atoms with Crippen LogP contribution >= 0.6 is 0 Å². The Morgan fingerprint density at radius 3 is 2.51 bits per heavy atom. The maximum absolute atomic E-state index is 15.4. The fourth-order valence-electron chi connectivity index (χ4n) is 6.18. The third kappa shape index (κ3) is 5.31. The Labute approximate surface area is 250 Å². The standard InChI is InChI=1S/C35H34N6O2/c1-24-10-4-5-11-27(24)23-41(33-22-38-32-15-14-26(20-36)18-30(32)33)34(43)35(39-25(2)42,40-16-8-3-9-17-40)19-28-21-37-31-13-7-6-12-29(28)31/h3-8,10-15,18,21-22,37-38H,9,16-17,19,23H2,1-2H3,(H,39,42). The molecule has 0 radical (unpaired) electrons. The fourth-order valence-corrected chi connectivity index (χ4v) is 6.18. The van der Waals surface area contributed by atoms with Gasteiger partial charge in [0, 0.05) is 60.6 Å². The van der Waals surface area contributed by atoms with Gasteiger partial charge in [-0.15, -0.1) is 0 Å². The number of para-hydroxylation sites is 1. The predicted octanol–water partition coefficient (Wildman–Crippen LogP) is 5.70. The van der Waals surface area contributed by atoms with E-state index in [2.05, 4.69) is 38.4 Å². The zero-order chi connectivity index (χ0) is 30.0. The monoisotopic (exact) mass is 570 g/mol. The number of aryl methyl sites for hydroxylation is 1. The first-order valence-corrected chi connectivity index (χ1v) is 14.5. The molecule has 1 aliphatic heterocycles. The van der Waals surface area contributed by atoms with Gasteiger partial charge in [0.1, 0.15) is 0 Å². The Kier molecular flexibility index (Phi) is 7.58. The third-order valence-corrected chi connectivity index (χ3v) is 8.37. The normalized spacial score (nSPS) is 14.8. The first-order chi connectivity index (χ1) is 20.9. The van der Waals surface area contributed by atoms with Crippen LogP contribution in [0.3, 0.4) is 0 Å². The number of benzene rings is 3. The minimum Gasteiger partial charge on any atom is -0.361 e. The summed E-state index contributed by atoms with van der Waals surface area (Å²) in [6, 6.07) is 23.6. The van der Waals surface area contributed by atoms with Crippen molar-refractivity contribution in [2.24, 2.45) is 0 Å². The van der Waals surface area contributed by atoms with E-state index in [0.29, 0.717) is 24.3 Å². The lowest BCUT2D eigenvalue weighted by Gasteiger charge is -2.46. The minimum atomic E-state index is -1.39. The number of hydrogen-bond donors (Lipinski definition) is 3. The van der Waals surface area contributed by atoms with Gasteiger partial charge in [-0.3, -0.25) is 14.5 Å². The lowest BCUT2D eigenvalue weighted by Crippen LogP contribution is -2.70. The Bertz CT molecular complexity index is 1890. The Morgan fingerprint density at radius 1 is 0.977 bits per heavy atom. The van der Waals surface area contributed by atoms with Gasteiger partial charge in [0.05, 0.1) is 23.9 Å². The molecule has 0 spiro atoms. The van der Waals surface area contributed by atoms with Crippen LogP contribution in [0.2, 0.25) is 0 Å². The molecule has 2 amide bonds. The van der Waals surface area contributed by atoms with Crippen molar-refractivity contribution in [1.29, 1.82) is 5.26 Å². The van der Waals surface area contributed by atoms with E-state index in [1.54, 1.807) is 11.0 Å². The van der Waals surface area contributed by atoms with Crippen LogP contribution in [0, 0.1) is 18.3 Å². The maximum Gasteiger partial charge on any atom is 0.268 e. The van der Waals surface area contributed by atoms with Crippen LogP contribution in [0.25, 0.3) is 21.8 Å². The first kappa shape index (κ1) is 28.0. The van der Waals surface area contributed by atoms with Gasteiger partial charge in [0.15, 0.2) is 5.66 Å². The van der Waals surface area contributed by atoms with Crippen molar-refractivity contribution in [2.75, 3.05) is 18.0 Å². The average molecular weight is 571 g/mol. The molecule has 0 saturated heterocycles. The maximum atomic E-state index is 15.4. The Hall–Kier alpha value is -5.13. The molecule has 43 heavy (non-hydrogen) atoms. The number of hydrogen-bond acceptors (Lipinski definition) is 4. The molecule has 0 bridgehead atoms. The molecule has 8 heteroatoms. The lowest BCUT2D eigenvalue weighted by molar-refractivity contribution is -0.139. The molecule has 5 aromatic rings. The summed E-state index contributed by atoms with van der Waals surface area (Å²) in [6.07, 6.45) is 8.95. The average Bonchev–Trinajstić information content (AvgIpc) is 3.64. The predicted molar refractivity (Wildman–Crippen MR) is 169 cm³/mol. The zero-order valence-electron chi connectivity index (χ0n) is 24.4. The largest absolute Gasteiger partial charge is 0.361 e. The molecule has 1 unspecified atom stereocenters. The number of fused-ring (bicyclic) bond motifs is 2. The van der Waals surface area contributed by atoms with E-state index in [0.717, 1.165) is 44.9 Å². The van der Waals surface area contributed by atoms with Crippen LogP contribution < -0.4 is 10.2 Å². The summed E-state index contributed by atoms with van der Waals surface area (Å²) >= 11 is 0. The zero-order valence-corrected chi connectivity index (χ0v) is 24.4. The van der Waals surface area contributed by atoms with Crippen molar-refractivity contribution in [1.82, 2.24) is 20.2 Å². The highest BCUT2D eigenvalue weighted by Gasteiger charge is 2.48. The van der Waals surface area contributed by atoms with Gasteiger partial charge in [-0.05, 0) is 54.3 Å². The molecule has 216 valence electrons. The highest BCUT2D eigenvalue weighted by Crippen LogP contribution is 2.34. The van der Waals surface area contributed by atoms with Crippen molar-refractivity contribution in [2.45, 2.75) is 38.9 Å². The van der Waals surface area contributed by atoms with Gasteiger partial charge in [0.25, 0.3) is 5.91 Å². The molecule has 6 rings (SSSR count). The van der Waals surface area contributed by atoms with Crippen LogP contribution in [0.5, 0.6) is 0 Å². The van der Waals surface area contributed by atoms with E-state index in [1.165, 1.54) is 6.92 Å². The van der Waals surface area contributed by atoms with E-state index >= 15 is 4.79 Å². The Morgan fingerprint density at radius 2 is 1.74 bits per heavy atom. The van der Waals surface area contributed by atoms with Crippen LogP contribution in [-0.2, 0) is 22.6 Å². The van der Waals surface area contributed by atoms with Gasteiger partial charge in [-0.2, -0.15) is 5.26 Å². The second-order valence-corrected chi connectivity index (χ2v) is 11.1. The number of aromatic amines is 2. The van der Waals surface area contributed by atoms with Crippen molar-refractivity contribution in [3.05, 3.63) is 114 Å². The number of nitrogens with one attached hydrogen (secondary N) is 3. The van der Waals surface area contributed by atoms with Crippen molar-refractivity contribution in [3.8, 4) is 6.07 Å². The molecule has 3 aromatic carbocycles. The number of anilines is 1. The summed E-state index contributed by atoms with van der Waals surface area (Å²) in [5.41, 5.74) is 4.54. The first-order valence-electron chi connectivity index (χ1n) is 14.5. The van der Waals surface area contributed by atoms with Gasteiger partial charge >= 0.3 is 0 Å². The van der Waals surface area contributed by atoms with Crippen molar-refractivity contribution < 1.29 is 9.59 Å². The number of rotatable bonds is 8. The summed E-state index contributed by atoms with van der Waals surface area (Å²) in [4.78, 5) is 39.0. The second-order valence-electron chi connectivity index (χ2n) is 11.1. The van der Waals surface area contributed by atoms with Crippen molar-refractivity contribution >= 4 is 39.3 Å². The molecule has 3 N–H and O–H groups in total. The topological polar surface area (TPSA) is 108 Å². The quantitative estimate of drug-likeness (QED) is 0.208. The number of H-pyrrole nitrogens is 2. The van der Waals surface area contributed by atoms with Gasteiger partial charge in [0.2, 0.25) is 5.91 Å². The molecular formula is C35H34N6O2. The summed E-state index contributed by atoms with van der Waals surface area (Å²) in [6.45, 7) is 4.90. The number of amides is 2. The molecule has 2 aromatic heterocycles. The molecule has 0 fully saturated rings. The van der Waals surface area contributed by atoms with Crippen LogP contribution in [-0.4, -0.2) is 45.4 Å². The van der Waals surface area contributed by atoms with Crippen molar-refractivity contribution in [3.63, 3.8) is 0 Å². The third-order valence-electron chi connectivity index (χ3n) is 8.37. The van der Waals surface area contributed by atoms with Gasteiger partial charge in [-0.25, -0.2) is 0 Å². The number of nitriles is 1. The lowest BCUT2D eigenvalue weighted by atomic mass is 9.93. The van der Waals surface area contributed by atoms with E-state index in [4.69, 9.17) is 0 Å². The highest BCUT2D eigenvalue weighted by molar-refractivity contribution is 6.08. The molecule has 0 aliphatic carbocycles. The van der Waals surface area contributed by atoms with Gasteiger partial charge < -0.3 is 20.2 Å². The number of aromatic nitrogens is 2. The van der Waals surface area contributed by atoms with E-state index in [9.17, 15) is 10.1 Å². The molecule has 8 nitrogen and oxygen atoms in total. The van der Waals surface area contributed by atoms with Crippen LogP contribution in [0.1, 0.15) is 35.6 Å². The molecule has 1 aliphatic rings. The molecule has 3 heterocycles. The SMILES string of the molecule is CC(=O)NC(Cc1c[nH]c2ccccc12)(C(=O)N(Cc1ccccc1C)c1c[nH]c2ccc(C#N)cc12)N1CC=CCC1. The summed E-state index contributed by atoms with van der Waals surface area (Å²) in [5, 5.41) is 14.6. The fraction of sp³-hybridized carbons (Fsp3) is 0.229.